The molecule has 1 N–H and O–H groups in total. The number of halogens is 2. The van der Waals surface area contributed by atoms with Crippen molar-refractivity contribution in [3.05, 3.63) is 34.1 Å². The Kier molecular flexibility index (Phi) is 4.60. The molecule has 1 aliphatic carbocycles. The van der Waals surface area contributed by atoms with Gasteiger partial charge in [-0.05, 0) is 41.9 Å². The molecule has 0 radical (unpaired) electrons. The van der Waals surface area contributed by atoms with Crippen molar-refractivity contribution in [3.8, 4) is 0 Å². The van der Waals surface area contributed by atoms with Crippen LogP contribution in [0.15, 0.2) is 22.7 Å². The molecule has 0 aromatic heterocycles. The number of benzene rings is 1. The van der Waals surface area contributed by atoms with Crippen LogP contribution in [0.4, 0.5) is 4.39 Å². The van der Waals surface area contributed by atoms with Crippen LogP contribution in [0, 0.1) is 17.2 Å². The second kappa shape index (κ2) is 5.76. The molecule has 112 valence electrons. The average Bonchev–Trinajstić information content (AvgIpc) is 2.32. The zero-order valence-corrected chi connectivity index (χ0v) is 14.1. The van der Waals surface area contributed by atoms with Crippen LogP contribution in [0.2, 0.25) is 0 Å². The van der Waals surface area contributed by atoms with Crippen molar-refractivity contribution in [2.75, 3.05) is 0 Å². The maximum atomic E-state index is 14.1. The molecule has 0 heterocycles. The zero-order valence-electron chi connectivity index (χ0n) is 12.5. The summed E-state index contributed by atoms with van der Waals surface area (Å²) in [7, 11) is 0. The van der Waals surface area contributed by atoms with E-state index in [0.717, 1.165) is 30.2 Å². The third kappa shape index (κ3) is 3.43. The van der Waals surface area contributed by atoms with Crippen molar-refractivity contribution in [2.45, 2.75) is 58.5 Å². The lowest BCUT2D eigenvalue weighted by Gasteiger charge is -2.47. The average molecular weight is 343 g/mol. The van der Waals surface area contributed by atoms with E-state index in [1.165, 1.54) is 6.07 Å². The second-order valence-corrected chi connectivity index (χ2v) is 8.10. The SMILES string of the molecule is CC(C)(C)C1CCCCC1(O)Cc1ccc(Br)cc1F. The van der Waals surface area contributed by atoms with Gasteiger partial charge >= 0.3 is 0 Å². The lowest BCUT2D eigenvalue weighted by atomic mass is 9.62. The second-order valence-electron chi connectivity index (χ2n) is 7.18. The molecule has 0 spiro atoms. The third-order valence-corrected chi connectivity index (χ3v) is 5.05. The van der Waals surface area contributed by atoms with E-state index in [2.05, 4.69) is 36.7 Å². The maximum absolute atomic E-state index is 14.1. The highest BCUT2D eigenvalue weighted by Gasteiger charge is 2.44. The van der Waals surface area contributed by atoms with Crippen molar-refractivity contribution in [1.82, 2.24) is 0 Å². The van der Waals surface area contributed by atoms with Gasteiger partial charge in [0.05, 0.1) is 5.60 Å². The summed E-state index contributed by atoms with van der Waals surface area (Å²) in [5, 5.41) is 11.1. The molecule has 0 aliphatic heterocycles. The summed E-state index contributed by atoms with van der Waals surface area (Å²) >= 11 is 3.28. The fourth-order valence-electron chi connectivity index (χ4n) is 3.67. The summed E-state index contributed by atoms with van der Waals surface area (Å²) in [6.07, 6.45) is 4.39. The van der Waals surface area contributed by atoms with Crippen LogP contribution in [0.25, 0.3) is 0 Å². The molecule has 1 nitrogen and oxygen atoms in total. The van der Waals surface area contributed by atoms with Crippen molar-refractivity contribution in [2.24, 2.45) is 11.3 Å². The Hall–Kier alpha value is -0.410. The fraction of sp³-hybridized carbons (Fsp3) is 0.647. The summed E-state index contributed by atoms with van der Waals surface area (Å²) in [6.45, 7) is 6.52. The van der Waals surface area contributed by atoms with Gasteiger partial charge in [0.2, 0.25) is 0 Å². The lowest BCUT2D eigenvalue weighted by Crippen LogP contribution is -2.48. The van der Waals surface area contributed by atoms with Crippen molar-refractivity contribution in [3.63, 3.8) is 0 Å². The Labute approximate surface area is 129 Å². The molecule has 0 amide bonds. The number of hydrogen-bond acceptors (Lipinski definition) is 1. The van der Waals surface area contributed by atoms with E-state index in [9.17, 15) is 9.50 Å². The molecule has 20 heavy (non-hydrogen) atoms. The van der Waals surface area contributed by atoms with E-state index in [1.54, 1.807) is 6.07 Å². The summed E-state index contributed by atoms with van der Waals surface area (Å²) in [5.41, 5.74) is -0.126. The Balaban J connectivity index is 2.28. The Morgan fingerprint density at radius 2 is 2.05 bits per heavy atom. The first-order chi connectivity index (χ1) is 9.22. The molecule has 2 unspecified atom stereocenters. The van der Waals surface area contributed by atoms with Gasteiger partial charge < -0.3 is 5.11 Å². The predicted molar refractivity (Wildman–Crippen MR) is 84.2 cm³/mol. The maximum Gasteiger partial charge on any atom is 0.127 e. The van der Waals surface area contributed by atoms with Crippen LogP contribution < -0.4 is 0 Å². The minimum absolute atomic E-state index is 0.0427. The van der Waals surface area contributed by atoms with Gasteiger partial charge in [0.25, 0.3) is 0 Å². The van der Waals surface area contributed by atoms with E-state index in [1.807, 2.05) is 6.07 Å². The van der Waals surface area contributed by atoms with Gasteiger partial charge in [0, 0.05) is 10.9 Å². The molecule has 1 aromatic rings. The first-order valence-electron chi connectivity index (χ1n) is 7.39. The Morgan fingerprint density at radius 3 is 2.65 bits per heavy atom. The summed E-state index contributed by atoms with van der Waals surface area (Å²) in [4.78, 5) is 0. The molecule has 0 saturated heterocycles. The van der Waals surface area contributed by atoms with Gasteiger partial charge in [-0.1, -0.05) is 55.6 Å². The zero-order chi connectivity index (χ0) is 15.0. The van der Waals surface area contributed by atoms with Crippen LogP contribution in [0.3, 0.4) is 0 Å². The molecule has 3 heteroatoms. The van der Waals surface area contributed by atoms with E-state index in [0.29, 0.717) is 12.0 Å². The first-order valence-corrected chi connectivity index (χ1v) is 8.18. The summed E-state index contributed by atoms with van der Waals surface area (Å²) in [5.74, 6) is -0.0159. The Morgan fingerprint density at radius 1 is 1.35 bits per heavy atom. The topological polar surface area (TPSA) is 20.2 Å². The monoisotopic (exact) mass is 342 g/mol. The highest BCUT2D eigenvalue weighted by molar-refractivity contribution is 9.10. The van der Waals surface area contributed by atoms with E-state index >= 15 is 0 Å². The molecular weight excluding hydrogens is 319 g/mol. The minimum Gasteiger partial charge on any atom is -0.389 e. The largest absolute Gasteiger partial charge is 0.389 e. The fourth-order valence-corrected chi connectivity index (χ4v) is 4.00. The van der Waals surface area contributed by atoms with Crippen LogP contribution in [-0.2, 0) is 6.42 Å². The lowest BCUT2D eigenvalue weighted by molar-refractivity contribution is -0.0893. The van der Waals surface area contributed by atoms with Gasteiger partial charge in [0.15, 0.2) is 0 Å². The van der Waals surface area contributed by atoms with Crippen LogP contribution in [-0.4, -0.2) is 10.7 Å². The predicted octanol–water partition coefficient (Wildman–Crippen LogP) is 5.10. The number of hydrogen-bond donors (Lipinski definition) is 1. The van der Waals surface area contributed by atoms with Crippen molar-refractivity contribution < 1.29 is 9.50 Å². The Bertz CT molecular complexity index is 480. The molecule has 1 aromatic carbocycles. The van der Waals surface area contributed by atoms with Gasteiger partial charge in [-0.2, -0.15) is 0 Å². The normalized spacial score (nSPS) is 27.6. The highest BCUT2D eigenvalue weighted by atomic mass is 79.9. The highest BCUT2D eigenvalue weighted by Crippen LogP contribution is 2.46. The molecule has 2 rings (SSSR count). The van der Waals surface area contributed by atoms with Crippen LogP contribution >= 0.6 is 15.9 Å². The molecule has 1 saturated carbocycles. The number of aliphatic hydroxyl groups is 1. The number of rotatable bonds is 2. The van der Waals surface area contributed by atoms with E-state index < -0.39 is 5.60 Å². The quantitative estimate of drug-likeness (QED) is 0.792. The van der Waals surface area contributed by atoms with Gasteiger partial charge in [-0.25, -0.2) is 4.39 Å². The van der Waals surface area contributed by atoms with Gasteiger partial charge in [-0.3, -0.25) is 0 Å². The summed E-state index contributed by atoms with van der Waals surface area (Å²) in [6, 6.07) is 5.11. The van der Waals surface area contributed by atoms with E-state index in [4.69, 9.17) is 0 Å². The van der Waals surface area contributed by atoms with Crippen molar-refractivity contribution >= 4 is 15.9 Å². The summed E-state index contributed by atoms with van der Waals surface area (Å²) < 4.78 is 14.8. The first kappa shape index (κ1) is 16.0. The van der Waals surface area contributed by atoms with Gasteiger partial charge in [-0.15, -0.1) is 0 Å². The third-order valence-electron chi connectivity index (χ3n) is 4.56. The standard InChI is InChI=1S/C17H24BrFO/c1-16(2,3)15-6-4-5-9-17(15,20)11-12-7-8-13(18)10-14(12)19/h7-8,10,15,20H,4-6,9,11H2,1-3H3. The minimum atomic E-state index is -0.787. The molecule has 1 fully saturated rings. The molecule has 2 atom stereocenters. The van der Waals surface area contributed by atoms with Gasteiger partial charge in [0.1, 0.15) is 5.82 Å². The van der Waals surface area contributed by atoms with Crippen molar-refractivity contribution in [1.29, 1.82) is 0 Å². The van der Waals surface area contributed by atoms with Crippen LogP contribution in [0.1, 0.15) is 52.0 Å². The van der Waals surface area contributed by atoms with Crippen LogP contribution in [0.5, 0.6) is 0 Å². The smallest absolute Gasteiger partial charge is 0.127 e. The molecule has 1 aliphatic rings. The molecule has 0 bridgehead atoms. The van der Waals surface area contributed by atoms with E-state index in [-0.39, 0.29) is 17.2 Å². The molecular formula is C17H24BrFO.